The van der Waals surface area contributed by atoms with E-state index in [1.807, 2.05) is 4.90 Å². The van der Waals surface area contributed by atoms with Gasteiger partial charge in [-0.3, -0.25) is 4.90 Å². The van der Waals surface area contributed by atoms with Crippen LogP contribution >= 0.6 is 0 Å². The summed E-state index contributed by atoms with van der Waals surface area (Å²) in [6.07, 6.45) is 4.61. The van der Waals surface area contributed by atoms with Crippen LogP contribution in [0.1, 0.15) is 25.7 Å². The average Bonchev–Trinajstić information content (AvgIpc) is 2.33. The number of nitrogens with two attached hydrogens (primary N) is 1. The van der Waals surface area contributed by atoms with Crippen LogP contribution in [-0.2, 0) is 4.74 Å². The van der Waals surface area contributed by atoms with Gasteiger partial charge in [0.15, 0.2) is 0 Å². The standard InChI is InChI=1S/C14H26N2O3/c15-13-3-4-14(12-2-1-11(12)13)19-10-7-16(5-8-17)6-9-18/h13-14,17-18H,1-10,15H2. The van der Waals surface area contributed by atoms with E-state index in [0.717, 1.165) is 32.2 Å². The number of rotatable bonds is 8. The fraction of sp³-hybridized carbons (Fsp3) is 0.857. The first kappa shape index (κ1) is 14.9. The zero-order valence-electron chi connectivity index (χ0n) is 11.6. The summed E-state index contributed by atoms with van der Waals surface area (Å²) in [5, 5.41) is 17.9. The Morgan fingerprint density at radius 1 is 1.05 bits per heavy atom. The number of ether oxygens (including phenoxy) is 1. The van der Waals surface area contributed by atoms with Gasteiger partial charge in [0, 0.05) is 25.7 Å². The van der Waals surface area contributed by atoms with Gasteiger partial charge in [0.25, 0.3) is 0 Å². The third kappa shape index (κ3) is 3.77. The van der Waals surface area contributed by atoms with E-state index in [1.165, 1.54) is 11.1 Å². The molecule has 0 amide bonds. The lowest BCUT2D eigenvalue weighted by molar-refractivity contribution is 0.0355. The molecule has 110 valence electrons. The molecule has 0 aliphatic heterocycles. The molecule has 0 aromatic carbocycles. The van der Waals surface area contributed by atoms with Gasteiger partial charge >= 0.3 is 0 Å². The molecule has 2 rings (SSSR count). The number of hydrogen-bond acceptors (Lipinski definition) is 5. The van der Waals surface area contributed by atoms with Gasteiger partial charge in [0.05, 0.1) is 25.9 Å². The van der Waals surface area contributed by atoms with Crippen LogP contribution in [0.4, 0.5) is 0 Å². The highest BCUT2D eigenvalue weighted by atomic mass is 16.5. The SMILES string of the molecule is NC1CCC(OCCN(CCO)CCO)C2=C1CC2. The molecule has 2 atom stereocenters. The van der Waals surface area contributed by atoms with Crippen LogP contribution in [0.15, 0.2) is 11.1 Å². The predicted molar refractivity (Wildman–Crippen MR) is 73.8 cm³/mol. The summed E-state index contributed by atoms with van der Waals surface area (Å²) in [5.74, 6) is 0. The van der Waals surface area contributed by atoms with Crippen molar-refractivity contribution in [3.8, 4) is 0 Å². The molecule has 0 aromatic heterocycles. The van der Waals surface area contributed by atoms with Gasteiger partial charge in [0.2, 0.25) is 0 Å². The smallest absolute Gasteiger partial charge is 0.0789 e. The first-order valence-electron chi connectivity index (χ1n) is 7.29. The molecule has 0 aromatic rings. The molecule has 0 fully saturated rings. The number of hydrogen-bond donors (Lipinski definition) is 3. The fourth-order valence-corrected chi connectivity index (χ4v) is 3.01. The van der Waals surface area contributed by atoms with E-state index in [1.54, 1.807) is 0 Å². The van der Waals surface area contributed by atoms with Crippen molar-refractivity contribution >= 4 is 0 Å². The Morgan fingerprint density at radius 3 is 2.32 bits per heavy atom. The highest BCUT2D eigenvalue weighted by molar-refractivity contribution is 5.34. The van der Waals surface area contributed by atoms with Gasteiger partial charge < -0.3 is 20.7 Å². The fourth-order valence-electron chi connectivity index (χ4n) is 3.01. The highest BCUT2D eigenvalue weighted by Crippen LogP contribution is 2.40. The number of aliphatic hydroxyl groups excluding tert-OH is 2. The van der Waals surface area contributed by atoms with Gasteiger partial charge in [-0.25, -0.2) is 0 Å². The van der Waals surface area contributed by atoms with Crippen molar-refractivity contribution in [3.63, 3.8) is 0 Å². The lowest BCUT2D eigenvalue weighted by Crippen LogP contribution is -2.39. The van der Waals surface area contributed by atoms with Crippen LogP contribution in [0.2, 0.25) is 0 Å². The number of nitrogens with zero attached hydrogens (tertiary/aromatic N) is 1. The molecular weight excluding hydrogens is 244 g/mol. The third-order valence-corrected chi connectivity index (χ3v) is 4.21. The molecule has 0 bridgehead atoms. The normalized spacial score (nSPS) is 26.5. The van der Waals surface area contributed by atoms with Crippen LogP contribution in [0.25, 0.3) is 0 Å². The third-order valence-electron chi connectivity index (χ3n) is 4.21. The molecule has 0 saturated heterocycles. The molecule has 5 heteroatoms. The lowest BCUT2D eigenvalue weighted by atomic mass is 9.74. The van der Waals surface area contributed by atoms with Crippen LogP contribution < -0.4 is 5.73 Å². The van der Waals surface area contributed by atoms with E-state index in [9.17, 15) is 0 Å². The highest BCUT2D eigenvalue weighted by Gasteiger charge is 2.33. The predicted octanol–water partition coefficient (Wildman–Crippen LogP) is -0.130. The largest absolute Gasteiger partial charge is 0.395 e. The van der Waals surface area contributed by atoms with Crippen molar-refractivity contribution in [1.82, 2.24) is 4.90 Å². The minimum absolute atomic E-state index is 0.119. The van der Waals surface area contributed by atoms with Gasteiger partial charge in [0.1, 0.15) is 0 Å². The van der Waals surface area contributed by atoms with Gasteiger partial charge in [-0.05, 0) is 31.3 Å². The van der Waals surface area contributed by atoms with E-state index in [-0.39, 0.29) is 25.4 Å². The summed E-state index contributed by atoms with van der Waals surface area (Å²) in [5.41, 5.74) is 8.93. The minimum Gasteiger partial charge on any atom is -0.395 e. The Kier molecular flexibility index (Phi) is 5.78. The maximum absolute atomic E-state index is 8.94. The summed E-state index contributed by atoms with van der Waals surface area (Å²) in [4.78, 5) is 2.02. The molecule has 2 aliphatic carbocycles. The molecule has 0 heterocycles. The van der Waals surface area contributed by atoms with Crippen LogP contribution in [0, 0.1) is 0 Å². The second-order valence-corrected chi connectivity index (χ2v) is 5.38. The van der Waals surface area contributed by atoms with E-state index < -0.39 is 0 Å². The van der Waals surface area contributed by atoms with Crippen molar-refractivity contribution in [3.05, 3.63) is 11.1 Å². The topological polar surface area (TPSA) is 79.0 Å². The van der Waals surface area contributed by atoms with Gasteiger partial charge in [-0.2, -0.15) is 0 Å². The molecular formula is C14H26N2O3. The Morgan fingerprint density at radius 2 is 1.74 bits per heavy atom. The van der Waals surface area contributed by atoms with E-state index >= 15 is 0 Å². The quantitative estimate of drug-likeness (QED) is 0.536. The van der Waals surface area contributed by atoms with E-state index in [4.69, 9.17) is 20.7 Å². The van der Waals surface area contributed by atoms with Crippen molar-refractivity contribution < 1.29 is 14.9 Å². The van der Waals surface area contributed by atoms with Crippen LogP contribution in [-0.4, -0.2) is 66.7 Å². The Hall–Kier alpha value is -0.460. The average molecular weight is 270 g/mol. The van der Waals surface area contributed by atoms with Crippen molar-refractivity contribution in [2.45, 2.75) is 37.8 Å². The maximum atomic E-state index is 8.94. The van der Waals surface area contributed by atoms with Crippen LogP contribution in [0.5, 0.6) is 0 Å². The molecule has 4 N–H and O–H groups in total. The Balaban J connectivity index is 1.73. The summed E-state index contributed by atoms with van der Waals surface area (Å²) >= 11 is 0. The van der Waals surface area contributed by atoms with Crippen molar-refractivity contribution in [2.75, 3.05) is 39.5 Å². The molecule has 0 saturated carbocycles. The summed E-state index contributed by atoms with van der Waals surface area (Å²) in [6.45, 7) is 2.82. The van der Waals surface area contributed by atoms with Crippen LogP contribution in [0.3, 0.4) is 0 Å². The summed E-state index contributed by atoms with van der Waals surface area (Å²) < 4.78 is 5.97. The van der Waals surface area contributed by atoms with Gasteiger partial charge in [-0.15, -0.1) is 0 Å². The second-order valence-electron chi connectivity index (χ2n) is 5.38. The summed E-state index contributed by atoms with van der Waals surface area (Å²) in [6, 6.07) is 0.267. The Bertz CT molecular complexity index is 314. The molecule has 0 radical (unpaired) electrons. The number of aliphatic hydroxyl groups is 2. The van der Waals surface area contributed by atoms with E-state index in [2.05, 4.69) is 0 Å². The summed E-state index contributed by atoms with van der Waals surface area (Å²) in [7, 11) is 0. The zero-order valence-corrected chi connectivity index (χ0v) is 11.6. The maximum Gasteiger partial charge on any atom is 0.0789 e. The first-order valence-corrected chi connectivity index (χ1v) is 7.29. The second kappa shape index (κ2) is 7.36. The van der Waals surface area contributed by atoms with E-state index in [0.29, 0.717) is 19.7 Å². The lowest BCUT2D eigenvalue weighted by Gasteiger charge is -2.39. The molecule has 2 aliphatic rings. The Labute approximate surface area is 115 Å². The monoisotopic (exact) mass is 270 g/mol. The minimum atomic E-state index is 0.119. The molecule has 0 spiro atoms. The van der Waals surface area contributed by atoms with Crippen molar-refractivity contribution in [1.29, 1.82) is 0 Å². The molecule has 19 heavy (non-hydrogen) atoms. The molecule has 2 unspecified atom stereocenters. The van der Waals surface area contributed by atoms with Gasteiger partial charge in [-0.1, -0.05) is 5.57 Å². The first-order chi connectivity index (χ1) is 9.26. The zero-order chi connectivity index (χ0) is 13.7. The molecule has 5 nitrogen and oxygen atoms in total. The van der Waals surface area contributed by atoms with Crippen molar-refractivity contribution in [2.24, 2.45) is 5.73 Å².